The molecule has 2 nitrogen and oxygen atoms in total. The number of nitrogens with one attached hydrogen (secondary N) is 1. The van der Waals surface area contributed by atoms with Crippen LogP contribution in [0.15, 0.2) is 51.2 Å². The zero-order chi connectivity index (χ0) is 20.8. The molecule has 0 fully saturated rings. The predicted molar refractivity (Wildman–Crippen MR) is 127 cm³/mol. The van der Waals surface area contributed by atoms with Gasteiger partial charge in [0.2, 0.25) is 0 Å². The fourth-order valence-corrected chi connectivity index (χ4v) is 5.83. The molecule has 1 aliphatic rings. The Morgan fingerprint density at radius 1 is 0.833 bits per heavy atom. The molecular formula is C23H38Cl2N2Si2Zr. The van der Waals surface area contributed by atoms with Crippen LogP contribution in [0.4, 0.5) is 0 Å². The van der Waals surface area contributed by atoms with Crippen molar-refractivity contribution in [3.8, 4) is 0 Å². The number of nitrogens with zero attached hydrogens (tertiary/aromatic N) is 1. The van der Waals surface area contributed by atoms with Gasteiger partial charge in [-0.25, -0.2) is 0 Å². The average Bonchev–Trinajstić information content (AvgIpc) is 2.68. The first-order valence-electron chi connectivity index (χ1n) is 10.0. The van der Waals surface area contributed by atoms with Crippen LogP contribution in [0.5, 0.6) is 0 Å². The molecule has 0 spiro atoms. The summed E-state index contributed by atoms with van der Waals surface area (Å²) in [6.07, 6.45) is 0. The molecule has 0 atom stereocenters. The Kier molecular flexibility index (Phi) is 12.1. The molecule has 0 radical (unpaired) electrons. The maximum atomic E-state index is 5.26. The minimum Gasteiger partial charge on any atom is -1.00 e. The second-order valence-electron chi connectivity index (χ2n) is 10.2. The number of hydrogen-bond donors (Lipinski definition) is 1. The zero-order valence-electron chi connectivity index (χ0n) is 20.5. The Labute approximate surface area is 218 Å². The summed E-state index contributed by atoms with van der Waals surface area (Å²) >= 11 is 0. The van der Waals surface area contributed by atoms with Gasteiger partial charge in [0.15, 0.2) is 8.24 Å². The molecule has 0 aliphatic heterocycles. The van der Waals surface area contributed by atoms with Crippen LogP contribution in [0, 0.1) is 0 Å². The van der Waals surface area contributed by atoms with E-state index in [1.165, 1.54) is 33.4 Å². The number of amidine groups is 1. The van der Waals surface area contributed by atoms with E-state index < -0.39 is 16.5 Å². The Morgan fingerprint density at radius 2 is 1.27 bits per heavy atom. The SMILES string of the molecule is CC1=C(C)C(C)(c2ccccc2C(=N[Si](C)(C)C)N[Si](C)(C)C)C(C)=C1C.[Cl-].[Cl-].[Zr+2]. The van der Waals surface area contributed by atoms with E-state index in [0.717, 1.165) is 5.84 Å². The van der Waals surface area contributed by atoms with Gasteiger partial charge in [-0.15, -0.1) is 0 Å². The Hall–Kier alpha value is 0.0669. The van der Waals surface area contributed by atoms with Crippen molar-refractivity contribution in [2.75, 3.05) is 0 Å². The molecule has 1 N–H and O–H groups in total. The third-order valence-corrected chi connectivity index (χ3v) is 7.73. The Balaban J connectivity index is 0. The summed E-state index contributed by atoms with van der Waals surface area (Å²) < 4.78 is 5.26. The molecule has 0 amide bonds. The number of allylic oxidation sites excluding steroid dienone is 4. The molecule has 0 saturated heterocycles. The molecule has 1 aromatic carbocycles. The maximum absolute atomic E-state index is 5.26. The predicted octanol–water partition coefficient (Wildman–Crippen LogP) is 0.642. The van der Waals surface area contributed by atoms with Crippen molar-refractivity contribution in [3.63, 3.8) is 0 Å². The monoisotopic (exact) mass is 558 g/mol. The van der Waals surface area contributed by atoms with Crippen molar-refractivity contribution in [3.05, 3.63) is 57.7 Å². The standard InChI is InChI=1S/C23H38N2Si2.2ClH.Zr/c1-16-17(2)19(4)23(5,18(16)3)21-15-13-12-14-20(21)22(24-26(6,7)8)25-27(9,10)11;;;/h12-15H,1-11H3,(H,24,25);2*1H;/q;;;+2/p-2. The molecule has 0 aromatic heterocycles. The summed E-state index contributed by atoms with van der Waals surface area (Å²) in [5, 5.41) is 0. The fraction of sp³-hybridized carbons (Fsp3) is 0.522. The topological polar surface area (TPSA) is 24.4 Å². The van der Waals surface area contributed by atoms with E-state index in [1.54, 1.807) is 0 Å². The molecule has 0 heterocycles. The first-order valence-corrected chi connectivity index (χ1v) is 17.0. The quantitative estimate of drug-likeness (QED) is 0.327. The summed E-state index contributed by atoms with van der Waals surface area (Å²) in [6, 6.07) is 8.89. The largest absolute Gasteiger partial charge is 2.00 e. The van der Waals surface area contributed by atoms with Crippen LogP contribution in [0.3, 0.4) is 0 Å². The van der Waals surface area contributed by atoms with Crippen LogP contribution in [0.1, 0.15) is 45.7 Å². The van der Waals surface area contributed by atoms with Crippen molar-refractivity contribution in [2.45, 2.75) is 79.3 Å². The number of halogens is 2. The molecule has 0 saturated carbocycles. The first-order chi connectivity index (χ1) is 12.2. The summed E-state index contributed by atoms with van der Waals surface area (Å²) in [5.41, 5.74) is 8.38. The summed E-state index contributed by atoms with van der Waals surface area (Å²) in [6.45, 7) is 25.5. The van der Waals surface area contributed by atoms with Crippen molar-refractivity contribution in [1.29, 1.82) is 0 Å². The van der Waals surface area contributed by atoms with Gasteiger partial charge in [-0.2, -0.15) is 0 Å². The molecule has 1 aromatic rings. The minimum absolute atomic E-state index is 0. The Bertz CT molecular complexity index is 823. The number of benzene rings is 1. The number of hydrogen-bond acceptors (Lipinski definition) is 1. The second-order valence-corrected chi connectivity index (χ2v) is 19.5. The van der Waals surface area contributed by atoms with Crippen molar-refractivity contribution in [1.82, 2.24) is 4.98 Å². The molecule has 0 bridgehead atoms. The van der Waals surface area contributed by atoms with Gasteiger partial charge in [0.05, 0.1) is 0 Å². The normalized spacial score (nSPS) is 16.6. The van der Waals surface area contributed by atoms with E-state index in [2.05, 4.69) is 103 Å². The number of rotatable bonds is 4. The third kappa shape index (κ3) is 6.78. The zero-order valence-corrected chi connectivity index (χ0v) is 26.5. The Morgan fingerprint density at radius 3 is 1.67 bits per heavy atom. The summed E-state index contributed by atoms with van der Waals surface area (Å²) in [5.74, 6) is 1.10. The van der Waals surface area contributed by atoms with Gasteiger partial charge in [-0.05, 0) is 71.0 Å². The van der Waals surface area contributed by atoms with Crippen molar-refractivity contribution in [2.24, 2.45) is 4.66 Å². The van der Waals surface area contributed by atoms with Crippen LogP contribution in [-0.2, 0) is 31.6 Å². The van der Waals surface area contributed by atoms with Crippen molar-refractivity contribution < 1.29 is 51.0 Å². The average molecular weight is 561 g/mol. The van der Waals surface area contributed by atoms with Crippen molar-refractivity contribution >= 4 is 22.3 Å². The summed E-state index contributed by atoms with van der Waals surface area (Å²) in [4.78, 5) is 3.85. The first kappa shape index (κ1) is 32.2. The van der Waals surface area contributed by atoms with E-state index in [0.29, 0.717) is 0 Å². The van der Waals surface area contributed by atoms with E-state index in [1.807, 2.05) is 0 Å². The van der Waals surface area contributed by atoms with Crippen LogP contribution in [0.2, 0.25) is 39.3 Å². The molecule has 2 rings (SSSR count). The van der Waals surface area contributed by atoms with Crippen LogP contribution in [0.25, 0.3) is 0 Å². The van der Waals surface area contributed by atoms with Gasteiger partial charge in [-0.1, -0.05) is 55.1 Å². The van der Waals surface area contributed by atoms with Gasteiger partial charge in [0, 0.05) is 11.0 Å². The van der Waals surface area contributed by atoms with Crippen LogP contribution < -0.4 is 29.8 Å². The summed E-state index contributed by atoms with van der Waals surface area (Å²) in [7, 11) is -3.16. The third-order valence-electron chi connectivity index (χ3n) is 5.85. The van der Waals surface area contributed by atoms with E-state index in [4.69, 9.17) is 4.66 Å². The molecule has 0 unspecified atom stereocenters. The van der Waals surface area contributed by atoms with Gasteiger partial charge >= 0.3 is 26.2 Å². The van der Waals surface area contributed by atoms with E-state index in [-0.39, 0.29) is 56.4 Å². The molecule has 7 heteroatoms. The van der Waals surface area contributed by atoms with Gasteiger partial charge < -0.3 is 34.5 Å². The van der Waals surface area contributed by atoms with E-state index in [9.17, 15) is 0 Å². The van der Waals surface area contributed by atoms with Gasteiger partial charge in [0.1, 0.15) is 14.1 Å². The molecule has 1 aliphatic carbocycles. The minimum atomic E-state index is -1.63. The molecule has 166 valence electrons. The van der Waals surface area contributed by atoms with Gasteiger partial charge in [0.25, 0.3) is 0 Å². The maximum Gasteiger partial charge on any atom is 2.00 e. The fourth-order valence-electron chi connectivity index (χ4n) is 3.97. The van der Waals surface area contributed by atoms with Gasteiger partial charge in [-0.3, -0.25) is 0 Å². The smallest absolute Gasteiger partial charge is 1.00 e. The van der Waals surface area contributed by atoms with E-state index >= 15 is 0 Å². The second kappa shape index (κ2) is 11.3. The van der Waals surface area contributed by atoms with Crippen LogP contribution in [-0.4, -0.2) is 22.3 Å². The molecular weight excluding hydrogens is 523 g/mol. The molecule has 30 heavy (non-hydrogen) atoms. The van der Waals surface area contributed by atoms with Crippen LogP contribution >= 0.6 is 0 Å².